The summed E-state index contributed by atoms with van der Waals surface area (Å²) in [6.45, 7) is 11.8. The normalized spacial score (nSPS) is 36.5. The van der Waals surface area contributed by atoms with E-state index in [0.29, 0.717) is 5.41 Å². The van der Waals surface area contributed by atoms with Crippen molar-refractivity contribution in [1.29, 1.82) is 0 Å². The van der Waals surface area contributed by atoms with Gasteiger partial charge in [0.15, 0.2) is 5.88 Å². The molecule has 2 nitrogen and oxygen atoms in total. The molecule has 1 N–H and O–H groups in total. The quantitative estimate of drug-likeness (QED) is 0.662. The Morgan fingerprint density at radius 1 is 1.33 bits per heavy atom. The fourth-order valence-electron chi connectivity index (χ4n) is 2.88. The molecule has 0 amide bonds. The van der Waals surface area contributed by atoms with Gasteiger partial charge in [-0.25, -0.2) is 0 Å². The van der Waals surface area contributed by atoms with Crippen LogP contribution in [0.5, 0.6) is 0 Å². The van der Waals surface area contributed by atoms with E-state index in [2.05, 4.69) is 32.7 Å². The second-order valence-corrected chi connectivity index (χ2v) is 6.20. The molecule has 1 aliphatic carbocycles. The number of rotatable bonds is 0. The van der Waals surface area contributed by atoms with Crippen LogP contribution in [0, 0.1) is 11.3 Å². The highest BCUT2D eigenvalue weighted by atomic mass is 16.5. The minimum atomic E-state index is 0.0822. The van der Waals surface area contributed by atoms with E-state index in [1.165, 1.54) is 25.7 Å². The second-order valence-electron chi connectivity index (χ2n) is 6.20. The molecule has 0 radical (unpaired) electrons. The summed E-state index contributed by atoms with van der Waals surface area (Å²) in [5.74, 6) is 1.62. The summed E-state index contributed by atoms with van der Waals surface area (Å²) in [6, 6.07) is 0. The summed E-state index contributed by atoms with van der Waals surface area (Å²) in [7, 11) is 0. The molecule has 15 heavy (non-hydrogen) atoms. The third kappa shape index (κ3) is 2.14. The summed E-state index contributed by atoms with van der Waals surface area (Å²) < 4.78 is 5.85. The third-order valence-electron chi connectivity index (χ3n) is 4.07. The van der Waals surface area contributed by atoms with E-state index in [1.54, 1.807) is 0 Å². The number of nitrogens with one attached hydrogen (secondary N) is 1. The molecule has 0 aromatic heterocycles. The van der Waals surface area contributed by atoms with Crippen LogP contribution in [0.25, 0.3) is 0 Å². The lowest BCUT2D eigenvalue weighted by molar-refractivity contribution is -0.0133. The molecular weight excluding hydrogens is 186 g/mol. The Bertz CT molecular complexity index is 256. The number of ether oxygens (including phenoxy) is 1. The first kappa shape index (κ1) is 10.8. The van der Waals surface area contributed by atoms with E-state index in [4.69, 9.17) is 4.74 Å². The van der Waals surface area contributed by atoms with Gasteiger partial charge in [0.2, 0.25) is 0 Å². The van der Waals surface area contributed by atoms with Crippen LogP contribution in [-0.2, 0) is 4.74 Å². The molecule has 2 heteroatoms. The Hall–Kier alpha value is -0.660. The molecular formula is C13H23NO. The van der Waals surface area contributed by atoms with Crippen molar-refractivity contribution >= 4 is 0 Å². The molecule has 1 aliphatic heterocycles. The molecule has 1 spiro atoms. The monoisotopic (exact) mass is 209 g/mol. The Labute approximate surface area is 93.1 Å². The van der Waals surface area contributed by atoms with Gasteiger partial charge in [0.05, 0.1) is 6.54 Å². The van der Waals surface area contributed by atoms with E-state index in [-0.39, 0.29) is 5.60 Å². The molecule has 0 aromatic carbocycles. The summed E-state index contributed by atoms with van der Waals surface area (Å²) in [5.41, 5.74) is 0.531. The van der Waals surface area contributed by atoms with Gasteiger partial charge < -0.3 is 10.1 Å². The molecule has 0 unspecified atom stereocenters. The maximum atomic E-state index is 5.85. The molecule has 1 saturated carbocycles. The predicted molar refractivity (Wildman–Crippen MR) is 62.4 cm³/mol. The molecule has 1 saturated heterocycles. The highest BCUT2D eigenvalue weighted by molar-refractivity contribution is 5.02. The van der Waals surface area contributed by atoms with Gasteiger partial charge in [-0.15, -0.1) is 0 Å². The molecule has 2 rings (SSSR count). The van der Waals surface area contributed by atoms with Crippen molar-refractivity contribution in [3.05, 3.63) is 12.5 Å². The van der Waals surface area contributed by atoms with Crippen LogP contribution < -0.4 is 5.32 Å². The first-order valence-electron chi connectivity index (χ1n) is 6.03. The molecule has 1 heterocycles. The molecule has 2 fully saturated rings. The zero-order chi connectivity index (χ0) is 11.1. The van der Waals surface area contributed by atoms with Crippen molar-refractivity contribution in [2.75, 3.05) is 6.54 Å². The van der Waals surface area contributed by atoms with Crippen molar-refractivity contribution in [3.8, 4) is 0 Å². The van der Waals surface area contributed by atoms with Gasteiger partial charge in [-0.05, 0) is 43.6 Å². The summed E-state index contributed by atoms with van der Waals surface area (Å²) >= 11 is 0. The van der Waals surface area contributed by atoms with E-state index in [1.807, 2.05) is 0 Å². The minimum absolute atomic E-state index is 0.0822. The van der Waals surface area contributed by atoms with Gasteiger partial charge in [-0.2, -0.15) is 0 Å². The van der Waals surface area contributed by atoms with Crippen LogP contribution >= 0.6 is 0 Å². The van der Waals surface area contributed by atoms with Crippen LogP contribution in [0.2, 0.25) is 0 Å². The highest BCUT2D eigenvalue weighted by Gasteiger charge is 2.43. The van der Waals surface area contributed by atoms with Gasteiger partial charge in [0.25, 0.3) is 0 Å². The van der Waals surface area contributed by atoms with Crippen molar-refractivity contribution in [2.45, 2.75) is 52.1 Å². The Kier molecular flexibility index (Phi) is 2.48. The fraction of sp³-hybridized carbons (Fsp3) is 0.846. The van der Waals surface area contributed by atoms with Crippen molar-refractivity contribution in [3.63, 3.8) is 0 Å². The Morgan fingerprint density at radius 3 is 2.33 bits per heavy atom. The van der Waals surface area contributed by atoms with Crippen LogP contribution in [0.3, 0.4) is 0 Å². The summed E-state index contributed by atoms with van der Waals surface area (Å²) in [4.78, 5) is 0. The second kappa shape index (κ2) is 3.43. The predicted octanol–water partition coefficient (Wildman–Crippen LogP) is 3.05. The maximum Gasteiger partial charge on any atom is 0.180 e. The van der Waals surface area contributed by atoms with Gasteiger partial charge in [-0.1, -0.05) is 20.8 Å². The topological polar surface area (TPSA) is 21.3 Å². The maximum absolute atomic E-state index is 5.85. The number of hydrogen-bond donors (Lipinski definition) is 1. The minimum Gasteiger partial charge on any atom is -0.471 e. The van der Waals surface area contributed by atoms with E-state index >= 15 is 0 Å². The molecule has 2 aliphatic rings. The van der Waals surface area contributed by atoms with Gasteiger partial charge in [0, 0.05) is 0 Å². The lowest BCUT2D eigenvalue weighted by atomic mass is 9.68. The van der Waals surface area contributed by atoms with E-state index in [0.717, 1.165) is 18.3 Å². The van der Waals surface area contributed by atoms with Crippen LogP contribution in [0.15, 0.2) is 12.5 Å². The summed E-state index contributed by atoms with van der Waals surface area (Å²) in [5, 5.41) is 3.22. The molecule has 0 aromatic rings. The van der Waals surface area contributed by atoms with Crippen LogP contribution in [-0.4, -0.2) is 12.1 Å². The van der Waals surface area contributed by atoms with Crippen molar-refractivity contribution in [2.24, 2.45) is 11.3 Å². The van der Waals surface area contributed by atoms with Crippen LogP contribution in [0.1, 0.15) is 46.5 Å². The molecule has 86 valence electrons. The lowest BCUT2D eigenvalue weighted by Gasteiger charge is -2.40. The Morgan fingerprint density at radius 2 is 1.93 bits per heavy atom. The summed E-state index contributed by atoms with van der Waals surface area (Å²) in [6.07, 6.45) is 4.94. The largest absolute Gasteiger partial charge is 0.471 e. The SMILES string of the molecule is C=C1NCC2(CCC(C(C)(C)C)CC2)O1. The fourth-order valence-corrected chi connectivity index (χ4v) is 2.88. The average Bonchev–Trinajstić information content (AvgIpc) is 2.47. The number of hydrogen-bond acceptors (Lipinski definition) is 2. The zero-order valence-electron chi connectivity index (χ0n) is 10.2. The lowest BCUT2D eigenvalue weighted by Crippen LogP contribution is -2.40. The van der Waals surface area contributed by atoms with Gasteiger partial charge >= 0.3 is 0 Å². The Balaban J connectivity index is 1.95. The van der Waals surface area contributed by atoms with E-state index in [9.17, 15) is 0 Å². The standard InChI is InChI=1S/C13H23NO/c1-10-14-9-13(15-10)7-5-11(6-8-13)12(2,3)4/h11,14H,1,5-9H2,2-4H3. The first-order valence-corrected chi connectivity index (χ1v) is 6.03. The van der Waals surface area contributed by atoms with Crippen molar-refractivity contribution in [1.82, 2.24) is 5.32 Å². The van der Waals surface area contributed by atoms with Crippen LogP contribution in [0.4, 0.5) is 0 Å². The molecule has 0 bridgehead atoms. The van der Waals surface area contributed by atoms with Gasteiger partial charge in [0.1, 0.15) is 5.60 Å². The van der Waals surface area contributed by atoms with E-state index < -0.39 is 0 Å². The highest BCUT2D eigenvalue weighted by Crippen LogP contribution is 2.44. The van der Waals surface area contributed by atoms with Gasteiger partial charge in [-0.3, -0.25) is 0 Å². The smallest absolute Gasteiger partial charge is 0.180 e. The average molecular weight is 209 g/mol. The third-order valence-corrected chi connectivity index (χ3v) is 4.07. The first-order chi connectivity index (χ1) is 6.91. The zero-order valence-corrected chi connectivity index (χ0v) is 10.2. The van der Waals surface area contributed by atoms with Crippen molar-refractivity contribution < 1.29 is 4.74 Å². The molecule has 0 atom stereocenters.